The van der Waals surface area contributed by atoms with E-state index in [-0.39, 0.29) is 24.7 Å². The lowest BCUT2D eigenvalue weighted by Crippen LogP contribution is -2.30. The summed E-state index contributed by atoms with van der Waals surface area (Å²) in [6.45, 7) is -0.350. The van der Waals surface area contributed by atoms with Crippen LogP contribution in [0.3, 0.4) is 0 Å². The second kappa shape index (κ2) is 10.4. The van der Waals surface area contributed by atoms with Crippen LogP contribution in [0, 0.1) is 0 Å². The van der Waals surface area contributed by atoms with Gasteiger partial charge in [-0.05, 0) is 29.1 Å². The van der Waals surface area contributed by atoms with Crippen LogP contribution in [0.5, 0.6) is 5.75 Å². The van der Waals surface area contributed by atoms with Gasteiger partial charge in [-0.3, -0.25) is 14.4 Å². The minimum Gasteiger partial charge on any atom is -0.497 e. The molecule has 0 aliphatic rings. The minimum absolute atomic E-state index is 0.106. The van der Waals surface area contributed by atoms with Gasteiger partial charge in [0, 0.05) is 5.56 Å². The van der Waals surface area contributed by atoms with Crippen molar-refractivity contribution in [2.75, 3.05) is 13.7 Å². The van der Waals surface area contributed by atoms with Gasteiger partial charge in [0.05, 0.1) is 24.4 Å². The Morgan fingerprint density at radius 3 is 2.33 bits per heavy atom. The molecule has 1 aromatic heterocycles. The molecule has 2 aromatic carbocycles. The highest BCUT2D eigenvalue weighted by molar-refractivity contribution is 7.12. The van der Waals surface area contributed by atoms with Crippen molar-refractivity contribution >= 4 is 29.0 Å². The largest absolute Gasteiger partial charge is 0.497 e. The number of carbonyl (C=O) groups is 3. The quantitative estimate of drug-likeness (QED) is 0.415. The molecule has 154 valence electrons. The number of thiophene rings is 1. The number of methoxy groups -OCH3 is 1. The number of Topliss-reactive ketones (excluding diaryl/α,β-unsaturated/α-hetero) is 1. The Hall–Kier alpha value is -3.45. The number of hydrogen-bond acceptors (Lipinski definition) is 6. The highest BCUT2D eigenvalue weighted by Gasteiger charge is 2.21. The fourth-order valence-electron chi connectivity index (χ4n) is 2.80. The number of nitrogens with one attached hydrogen (secondary N) is 1. The van der Waals surface area contributed by atoms with E-state index >= 15 is 0 Å². The smallest absolute Gasteiger partial charge is 0.308 e. The van der Waals surface area contributed by atoms with Gasteiger partial charge < -0.3 is 14.8 Å². The van der Waals surface area contributed by atoms with Gasteiger partial charge in [-0.1, -0.05) is 48.5 Å². The van der Waals surface area contributed by atoms with Crippen molar-refractivity contribution in [3.05, 3.63) is 88.1 Å². The van der Waals surface area contributed by atoms with E-state index in [1.807, 2.05) is 0 Å². The molecule has 1 heterocycles. The average Bonchev–Trinajstić information content (AvgIpc) is 3.33. The molecule has 1 N–H and O–H groups in total. The van der Waals surface area contributed by atoms with E-state index in [1.54, 1.807) is 79.2 Å². The van der Waals surface area contributed by atoms with Crippen LogP contribution in [0.1, 0.15) is 38.1 Å². The summed E-state index contributed by atoms with van der Waals surface area (Å²) in [6.07, 6.45) is -0.106. The normalized spacial score (nSPS) is 11.4. The maximum absolute atomic E-state index is 12.5. The average molecular weight is 423 g/mol. The topological polar surface area (TPSA) is 81.7 Å². The lowest BCUT2D eigenvalue weighted by atomic mass is 10.0. The Kier molecular flexibility index (Phi) is 7.34. The van der Waals surface area contributed by atoms with Gasteiger partial charge in [-0.25, -0.2) is 0 Å². The fraction of sp³-hybridized carbons (Fsp3) is 0.174. The number of benzene rings is 2. The lowest BCUT2D eigenvalue weighted by molar-refractivity contribution is -0.143. The van der Waals surface area contributed by atoms with Crippen molar-refractivity contribution < 1.29 is 23.9 Å². The van der Waals surface area contributed by atoms with Crippen LogP contribution in [0.25, 0.3) is 0 Å². The van der Waals surface area contributed by atoms with Crippen LogP contribution in [-0.2, 0) is 9.53 Å². The van der Waals surface area contributed by atoms with E-state index in [9.17, 15) is 14.4 Å². The summed E-state index contributed by atoms with van der Waals surface area (Å²) in [5.41, 5.74) is 1.20. The van der Waals surface area contributed by atoms with Crippen LogP contribution >= 0.6 is 11.3 Å². The molecular weight excluding hydrogens is 402 g/mol. The zero-order valence-corrected chi connectivity index (χ0v) is 17.2. The SMILES string of the molecule is COc1ccc([C@@H](CC(=O)OCC(=O)c2ccccc2)NC(=O)c2cccs2)cc1. The van der Waals surface area contributed by atoms with Crippen molar-refractivity contribution in [3.63, 3.8) is 0 Å². The minimum atomic E-state index is -0.607. The predicted octanol–water partition coefficient (Wildman–Crippen LogP) is 4.04. The third-order valence-electron chi connectivity index (χ3n) is 4.40. The maximum atomic E-state index is 12.5. The first-order valence-electron chi connectivity index (χ1n) is 9.29. The van der Waals surface area contributed by atoms with E-state index in [1.165, 1.54) is 11.3 Å². The highest BCUT2D eigenvalue weighted by atomic mass is 32.1. The molecule has 6 nitrogen and oxygen atoms in total. The second-order valence-electron chi connectivity index (χ2n) is 6.43. The first kappa shape index (κ1) is 21.3. The number of esters is 1. The van der Waals surface area contributed by atoms with E-state index in [2.05, 4.69) is 5.32 Å². The Labute approximate surface area is 178 Å². The summed E-state index contributed by atoms with van der Waals surface area (Å²) < 4.78 is 10.3. The highest BCUT2D eigenvalue weighted by Crippen LogP contribution is 2.22. The molecule has 7 heteroatoms. The van der Waals surface area contributed by atoms with Crippen molar-refractivity contribution in [1.82, 2.24) is 5.32 Å². The molecule has 0 spiro atoms. The third kappa shape index (κ3) is 5.78. The first-order valence-corrected chi connectivity index (χ1v) is 10.2. The first-order chi connectivity index (χ1) is 14.6. The third-order valence-corrected chi connectivity index (χ3v) is 5.27. The van der Waals surface area contributed by atoms with Gasteiger partial charge >= 0.3 is 5.97 Å². The summed E-state index contributed by atoms with van der Waals surface area (Å²) in [7, 11) is 1.56. The van der Waals surface area contributed by atoms with Crippen molar-refractivity contribution in [2.45, 2.75) is 12.5 Å². The molecule has 0 bridgehead atoms. The zero-order chi connectivity index (χ0) is 21.3. The Balaban J connectivity index is 1.66. The molecule has 0 fully saturated rings. The molecule has 3 aromatic rings. The van der Waals surface area contributed by atoms with Gasteiger partial charge in [-0.2, -0.15) is 0 Å². The Morgan fingerprint density at radius 1 is 0.967 bits per heavy atom. The fourth-order valence-corrected chi connectivity index (χ4v) is 3.43. The predicted molar refractivity (Wildman–Crippen MR) is 114 cm³/mol. The Bertz CT molecular complexity index is 984. The summed E-state index contributed by atoms with van der Waals surface area (Å²) >= 11 is 1.31. The van der Waals surface area contributed by atoms with Crippen LogP contribution in [0.4, 0.5) is 0 Å². The van der Waals surface area contributed by atoms with Gasteiger partial charge in [0.1, 0.15) is 5.75 Å². The maximum Gasteiger partial charge on any atom is 0.308 e. The molecule has 30 heavy (non-hydrogen) atoms. The number of hydrogen-bond donors (Lipinski definition) is 1. The monoisotopic (exact) mass is 423 g/mol. The number of amides is 1. The number of ether oxygens (including phenoxy) is 2. The molecular formula is C23H21NO5S. The molecule has 0 saturated heterocycles. The van der Waals surface area contributed by atoms with Gasteiger partial charge in [0.2, 0.25) is 0 Å². The number of carbonyl (C=O) groups excluding carboxylic acids is 3. The standard InChI is InChI=1S/C23H21NO5S/c1-28-18-11-9-16(10-12-18)19(24-23(27)21-8-5-13-30-21)14-22(26)29-15-20(25)17-6-3-2-4-7-17/h2-13,19H,14-15H2,1H3,(H,24,27)/t19-/m1/s1. The summed E-state index contributed by atoms with van der Waals surface area (Å²) in [6, 6.07) is 18.6. The molecule has 0 radical (unpaired) electrons. The Morgan fingerprint density at radius 2 is 1.70 bits per heavy atom. The van der Waals surface area contributed by atoms with Crippen LogP contribution in [-0.4, -0.2) is 31.4 Å². The van der Waals surface area contributed by atoms with E-state index < -0.39 is 12.0 Å². The van der Waals surface area contributed by atoms with Gasteiger partial charge in [-0.15, -0.1) is 11.3 Å². The van der Waals surface area contributed by atoms with Crippen molar-refractivity contribution in [3.8, 4) is 5.75 Å². The summed E-state index contributed by atoms with van der Waals surface area (Å²) in [5, 5.41) is 4.67. The van der Waals surface area contributed by atoms with Crippen molar-refractivity contribution in [2.24, 2.45) is 0 Å². The lowest BCUT2D eigenvalue weighted by Gasteiger charge is -2.18. The van der Waals surface area contributed by atoms with E-state index in [4.69, 9.17) is 9.47 Å². The van der Waals surface area contributed by atoms with Gasteiger partial charge in [0.15, 0.2) is 12.4 Å². The molecule has 0 aliphatic heterocycles. The molecule has 3 rings (SSSR count). The molecule has 0 aliphatic carbocycles. The van der Waals surface area contributed by atoms with Crippen LogP contribution in [0.2, 0.25) is 0 Å². The van der Waals surface area contributed by atoms with Crippen LogP contribution in [0.15, 0.2) is 72.1 Å². The van der Waals surface area contributed by atoms with E-state index in [0.717, 1.165) is 5.56 Å². The number of rotatable bonds is 9. The number of ketones is 1. The van der Waals surface area contributed by atoms with E-state index in [0.29, 0.717) is 16.2 Å². The van der Waals surface area contributed by atoms with Crippen molar-refractivity contribution in [1.29, 1.82) is 0 Å². The van der Waals surface area contributed by atoms with Crippen LogP contribution < -0.4 is 10.1 Å². The second-order valence-corrected chi connectivity index (χ2v) is 7.38. The van der Waals surface area contributed by atoms with Gasteiger partial charge in [0.25, 0.3) is 5.91 Å². The molecule has 1 amide bonds. The summed E-state index contributed by atoms with van der Waals surface area (Å²) in [5.74, 6) is -0.476. The zero-order valence-electron chi connectivity index (χ0n) is 16.4. The molecule has 1 atom stereocenters. The molecule has 0 saturated carbocycles. The summed E-state index contributed by atoms with van der Waals surface area (Å²) in [4.78, 5) is 37.6. The molecule has 0 unspecified atom stereocenters.